The highest BCUT2D eigenvalue weighted by Crippen LogP contribution is 2.32. The molecule has 24 heavy (non-hydrogen) atoms. The number of rotatable bonds is 3. The Labute approximate surface area is 142 Å². The number of nitriles is 1. The highest BCUT2D eigenvalue weighted by Gasteiger charge is 2.32. The molecule has 0 fully saturated rings. The number of aromatic nitrogens is 1. The van der Waals surface area contributed by atoms with Crippen molar-refractivity contribution in [3.05, 3.63) is 53.3 Å². The van der Waals surface area contributed by atoms with Crippen LogP contribution < -0.4 is 4.90 Å². The summed E-state index contributed by atoms with van der Waals surface area (Å²) < 4.78 is 1.74. The molecule has 0 bridgehead atoms. The van der Waals surface area contributed by atoms with Gasteiger partial charge in [-0.25, -0.2) is 0 Å². The van der Waals surface area contributed by atoms with Crippen molar-refractivity contribution in [3.63, 3.8) is 0 Å². The highest BCUT2D eigenvalue weighted by atomic mass is 16.2. The van der Waals surface area contributed by atoms with Gasteiger partial charge in [-0.3, -0.25) is 4.79 Å². The predicted octanol–water partition coefficient (Wildman–Crippen LogP) is 2.42. The van der Waals surface area contributed by atoms with Crippen LogP contribution in [-0.2, 0) is 13.5 Å². The van der Waals surface area contributed by atoms with Gasteiger partial charge in [-0.1, -0.05) is 18.2 Å². The first-order valence-electron chi connectivity index (χ1n) is 8.14. The molecule has 2 aromatic rings. The number of benzene rings is 1. The van der Waals surface area contributed by atoms with Crippen LogP contribution in [0.25, 0.3) is 0 Å². The van der Waals surface area contributed by atoms with Gasteiger partial charge in [0, 0.05) is 25.5 Å². The molecule has 5 heteroatoms. The van der Waals surface area contributed by atoms with E-state index < -0.39 is 0 Å². The fourth-order valence-electron chi connectivity index (χ4n) is 3.44. The summed E-state index contributed by atoms with van der Waals surface area (Å²) in [5, 5.41) is 9.10. The number of aryl methyl sites for hydroxylation is 2. The van der Waals surface area contributed by atoms with Gasteiger partial charge in [0.15, 0.2) is 0 Å². The van der Waals surface area contributed by atoms with Crippen LogP contribution in [0, 0.1) is 11.3 Å². The summed E-state index contributed by atoms with van der Waals surface area (Å²) in [5.74, 6) is -0.0435. The molecule has 1 aromatic heterocycles. The number of hydrogen-bond donors (Lipinski definition) is 0. The van der Waals surface area contributed by atoms with Crippen molar-refractivity contribution in [1.29, 1.82) is 5.26 Å². The molecule has 1 amide bonds. The van der Waals surface area contributed by atoms with Gasteiger partial charge in [-0.2, -0.15) is 5.26 Å². The molecule has 1 aromatic carbocycles. The topological polar surface area (TPSA) is 52.3 Å². The first-order valence-corrected chi connectivity index (χ1v) is 8.14. The summed E-state index contributed by atoms with van der Waals surface area (Å²) in [6, 6.07) is 12.0. The van der Waals surface area contributed by atoms with E-state index >= 15 is 0 Å². The molecule has 1 atom stereocenters. The maximum atomic E-state index is 13.3. The minimum Gasteiger partial charge on any atom is -0.345 e. The monoisotopic (exact) mass is 322 g/mol. The zero-order valence-corrected chi connectivity index (χ0v) is 14.4. The van der Waals surface area contributed by atoms with Crippen molar-refractivity contribution in [2.75, 3.05) is 25.5 Å². The number of nitrogens with zero attached hydrogens (tertiary/aromatic N) is 4. The Morgan fingerprint density at radius 2 is 2.12 bits per heavy atom. The number of likely N-dealkylation sites (N-methyl/N-ethyl adjacent to an activating group) is 1. The van der Waals surface area contributed by atoms with Gasteiger partial charge in [0.1, 0.15) is 11.8 Å². The quantitative estimate of drug-likeness (QED) is 0.872. The Morgan fingerprint density at radius 3 is 2.79 bits per heavy atom. The van der Waals surface area contributed by atoms with Gasteiger partial charge in [0.2, 0.25) is 0 Å². The number of anilines is 1. The minimum absolute atomic E-state index is 0.0435. The molecule has 0 radical (unpaired) electrons. The lowest BCUT2D eigenvalue weighted by atomic mass is 9.95. The van der Waals surface area contributed by atoms with E-state index in [-0.39, 0.29) is 11.9 Å². The molecular weight excluding hydrogens is 300 g/mol. The minimum atomic E-state index is -0.0435. The van der Waals surface area contributed by atoms with Gasteiger partial charge in [0.25, 0.3) is 5.91 Å². The lowest BCUT2D eigenvalue weighted by Crippen LogP contribution is -2.49. The summed E-state index contributed by atoms with van der Waals surface area (Å²) in [4.78, 5) is 17.3. The van der Waals surface area contributed by atoms with E-state index in [4.69, 9.17) is 5.26 Å². The van der Waals surface area contributed by atoms with Gasteiger partial charge in [-0.05, 0) is 44.6 Å². The van der Waals surface area contributed by atoms with Crippen LogP contribution in [0.5, 0.6) is 0 Å². The van der Waals surface area contributed by atoms with Crippen molar-refractivity contribution in [3.8, 4) is 6.07 Å². The lowest BCUT2D eigenvalue weighted by Gasteiger charge is -2.38. The maximum Gasteiger partial charge on any atom is 0.275 e. The normalized spacial score (nSPS) is 16.8. The smallest absolute Gasteiger partial charge is 0.275 e. The Kier molecular flexibility index (Phi) is 4.41. The Balaban J connectivity index is 2.04. The van der Waals surface area contributed by atoms with Gasteiger partial charge >= 0.3 is 0 Å². The van der Waals surface area contributed by atoms with E-state index in [1.807, 2.05) is 44.2 Å². The summed E-state index contributed by atoms with van der Waals surface area (Å²) in [6.07, 6.45) is 3.62. The molecule has 124 valence electrons. The Bertz CT molecular complexity index is 800. The van der Waals surface area contributed by atoms with Crippen molar-refractivity contribution in [1.82, 2.24) is 9.47 Å². The zero-order valence-electron chi connectivity index (χ0n) is 14.4. The molecule has 2 heterocycles. The molecule has 5 nitrogen and oxygen atoms in total. The molecule has 1 aliphatic heterocycles. The SMILES string of the molecule is CN(C)CC1CCc2ccccc2N1C(=O)c1cc(C#N)cn1C. The second kappa shape index (κ2) is 6.50. The van der Waals surface area contributed by atoms with Crippen LogP contribution in [0.3, 0.4) is 0 Å². The van der Waals surface area contributed by atoms with E-state index in [2.05, 4.69) is 17.0 Å². The number of carbonyl (C=O) groups is 1. The highest BCUT2D eigenvalue weighted by molar-refractivity contribution is 6.06. The summed E-state index contributed by atoms with van der Waals surface area (Å²) >= 11 is 0. The average molecular weight is 322 g/mol. The molecule has 0 spiro atoms. The second-order valence-electron chi connectivity index (χ2n) is 6.60. The third-order valence-electron chi connectivity index (χ3n) is 4.51. The van der Waals surface area contributed by atoms with E-state index in [1.165, 1.54) is 5.56 Å². The maximum absolute atomic E-state index is 13.3. The van der Waals surface area contributed by atoms with Gasteiger partial charge in [-0.15, -0.1) is 0 Å². The Morgan fingerprint density at radius 1 is 1.38 bits per heavy atom. The van der Waals surface area contributed by atoms with E-state index in [9.17, 15) is 4.79 Å². The van der Waals surface area contributed by atoms with Crippen LogP contribution in [0.4, 0.5) is 5.69 Å². The molecule has 3 rings (SSSR count). The van der Waals surface area contributed by atoms with Gasteiger partial charge < -0.3 is 14.4 Å². The van der Waals surface area contributed by atoms with Crippen LogP contribution >= 0.6 is 0 Å². The van der Waals surface area contributed by atoms with Crippen LogP contribution in [0.1, 0.15) is 28.0 Å². The zero-order chi connectivity index (χ0) is 17.3. The third-order valence-corrected chi connectivity index (χ3v) is 4.51. The number of hydrogen-bond acceptors (Lipinski definition) is 3. The first-order chi connectivity index (χ1) is 11.5. The first kappa shape index (κ1) is 16.3. The number of para-hydroxylation sites is 1. The fourth-order valence-corrected chi connectivity index (χ4v) is 3.44. The summed E-state index contributed by atoms with van der Waals surface area (Å²) in [5.41, 5.74) is 3.25. The van der Waals surface area contributed by atoms with Crippen molar-refractivity contribution in [2.45, 2.75) is 18.9 Å². The third kappa shape index (κ3) is 2.93. The largest absolute Gasteiger partial charge is 0.345 e. The Hall–Kier alpha value is -2.58. The molecule has 0 saturated heterocycles. The molecular formula is C19H22N4O. The fraction of sp³-hybridized carbons (Fsp3) is 0.368. The van der Waals surface area contributed by atoms with Crippen molar-refractivity contribution < 1.29 is 4.79 Å². The standard InChI is InChI=1S/C19H22N4O/c1-21(2)13-16-9-8-15-6-4-5-7-17(15)23(16)19(24)18-10-14(11-20)12-22(18)3/h4-7,10,12,16H,8-9,13H2,1-3H3. The van der Waals surface area contributed by atoms with Crippen molar-refractivity contribution >= 4 is 11.6 Å². The number of amides is 1. The van der Waals surface area contributed by atoms with E-state index in [0.717, 1.165) is 25.1 Å². The molecule has 0 saturated carbocycles. The second-order valence-corrected chi connectivity index (χ2v) is 6.60. The summed E-state index contributed by atoms with van der Waals surface area (Å²) in [7, 11) is 5.86. The van der Waals surface area contributed by atoms with Crippen LogP contribution in [0.15, 0.2) is 36.5 Å². The molecule has 1 unspecified atom stereocenters. The predicted molar refractivity (Wildman–Crippen MR) is 94.0 cm³/mol. The molecule has 0 aliphatic carbocycles. The van der Waals surface area contributed by atoms with Crippen molar-refractivity contribution in [2.24, 2.45) is 7.05 Å². The lowest BCUT2D eigenvalue weighted by molar-refractivity contribution is 0.0960. The van der Waals surface area contributed by atoms with Gasteiger partial charge in [0.05, 0.1) is 11.6 Å². The van der Waals surface area contributed by atoms with E-state index in [1.54, 1.807) is 16.8 Å². The number of fused-ring (bicyclic) bond motifs is 1. The van der Waals surface area contributed by atoms with E-state index in [0.29, 0.717) is 11.3 Å². The average Bonchev–Trinajstić information content (AvgIpc) is 2.94. The molecule has 1 aliphatic rings. The van der Waals surface area contributed by atoms with Crippen LogP contribution in [-0.4, -0.2) is 42.1 Å². The van der Waals surface area contributed by atoms with Crippen LogP contribution in [0.2, 0.25) is 0 Å². The molecule has 0 N–H and O–H groups in total. The summed E-state index contributed by atoms with van der Waals surface area (Å²) in [6.45, 7) is 0.815. The number of carbonyl (C=O) groups excluding carboxylic acids is 1.